The van der Waals surface area contributed by atoms with Gasteiger partial charge in [-0.25, -0.2) is 0 Å². The van der Waals surface area contributed by atoms with Crippen LogP contribution in [-0.4, -0.2) is 11.5 Å². The molecule has 0 aliphatic heterocycles. The van der Waals surface area contributed by atoms with Gasteiger partial charge in [-0.3, -0.25) is 4.98 Å². The molecular weight excluding hydrogens is 160 g/mol. The molecule has 0 radical (unpaired) electrons. The molecule has 0 saturated heterocycles. The smallest absolute Gasteiger partial charge is 0.0346 e. The van der Waals surface area contributed by atoms with Gasteiger partial charge in [-0.1, -0.05) is 24.3 Å². The number of hydrogen-bond acceptors (Lipinski definition) is 2. The van der Waals surface area contributed by atoms with Crippen LogP contribution < -0.4 is 5.73 Å². The first kappa shape index (κ1) is 8.20. The summed E-state index contributed by atoms with van der Waals surface area (Å²) < 4.78 is 0. The van der Waals surface area contributed by atoms with Gasteiger partial charge in [0.15, 0.2) is 0 Å². The predicted octanol–water partition coefficient (Wildman–Crippen LogP) is 1.74. The molecule has 0 unspecified atom stereocenters. The van der Waals surface area contributed by atoms with Gasteiger partial charge >= 0.3 is 0 Å². The van der Waals surface area contributed by atoms with E-state index in [1.165, 1.54) is 16.3 Å². The minimum atomic E-state index is 0.676. The van der Waals surface area contributed by atoms with Gasteiger partial charge in [0, 0.05) is 17.8 Å². The summed E-state index contributed by atoms with van der Waals surface area (Å²) in [4.78, 5) is 4.18. The highest BCUT2D eigenvalue weighted by Crippen LogP contribution is 2.16. The van der Waals surface area contributed by atoms with Crippen LogP contribution >= 0.6 is 0 Å². The Balaban J connectivity index is 2.61. The van der Waals surface area contributed by atoms with Gasteiger partial charge in [-0.05, 0) is 23.9 Å². The molecule has 13 heavy (non-hydrogen) atoms. The van der Waals surface area contributed by atoms with Gasteiger partial charge in [0.05, 0.1) is 0 Å². The maximum absolute atomic E-state index is 5.52. The van der Waals surface area contributed by atoms with Crippen LogP contribution in [-0.2, 0) is 6.42 Å². The Morgan fingerprint density at radius 2 is 2.00 bits per heavy atom. The maximum atomic E-state index is 5.52. The lowest BCUT2D eigenvalue weighted by Gasteiger charge is -2.03. The Bertz CT molecular complexity index is 404. The first-order valence-corrected chi connectivity index (χ1v) is 4.43. The quantitative estimate of drug-likeness (QED) is 0.749. The average Bonchev–Trinajstić information content (AvgIpc) is 2.19. The molecule has 2 nitrogen and oxygen atoms in total. The number of pyridine rings is 1. The molecule has 0 bridgehead atoms. The lowest BCUT2D eigenvalue weighted by atomic mass is 10.1. The number of aromatic nitrogens is 1. The van der Waals surface area contributed by atoms with Gasteiger partial charge in [0.1, 0.15) is 0 Å². The van der Waals surface area contributed by atoms with E-state index in [1.807, 2.05) is 24.5 Å². The summed E-state index contributed by atoms with van der Waals surface area (Å²) in [6.07, 6.45) is 4.68. The highest BCUT2D eigenvalue weighted by Gasteiger charge is 1.98. The normalized spacial score (nSPS) is 10.5. The summed E-state index contributed by atoms with van der Waals surface area (Å²) in [7, 11) is 0. The molecule has 0 spiro atoms. The predicted molar refractivity (Wildman–Crippen MR) is 54.5 cm³/mol. The third-order valence-electron chi connectivity index (χ3n) is 2.16. The summed E-state index contributed by atoms with van der Waals surface area (Å²) in [5, 5.41) is 2.46. The van der Waals surface area contributed by atoms with E-state index in [0.29, 0.717) is 6.54 Å². The van der Waals surface area contributed by atoms with E-state index in [1.54, 1.807) is 0 Å². The fourth-order valence-electron chi connectivity index (χ4n) is 1.53. The summed E-state index contributed by atoms with van der Waals surface area (Å²) in [5.41, 5.74) is 6.76. The van der Waals surface area contributed by atoms with Crippen molar-refractivity contribution in [3.63, 3.8) is 0 Å². The first-order valence-electron chi connectivity index (χ1n) is 4.43. The molecule has 66 valence electrons. The molecule has 0 saturated carbocycles. The monoisotopic (exact) mass is 172 g/mol. The Kier molecular flexibility index (Phi) is 2.23. The highest BCUT2D eigenvalue weighted by molar-refractivity contribution is 5.84. The van der Waals surface area contributed by atoms with Gasteiger partial charge < -0.3 is 5.73 Å². The van der Waals surface area contributed by atoms with Crippen molar-refractivity contribution in [1.82, 2.24) is 4.98 Å². The third-order valence-corrected chi connectivity index (χ3v) is 2.16. The zero-order valence-electron chi connectivity index (χ0n) is 7.40. The van der Waals surface area contributed by atoms with Crippen LogP contribution in [0.15, 0.2) is 36.7 Å². The van der Waals surface area contributed by atoms with Crippen LogP contribution in [0.3, 0.4) is 0 Å². The van der Waals surface area contributed by atoms with Crippen molar-refractivity contribution >= 4 is 10.8 Å². The molecule has 1 aromatic carbocycles. The van der Waals surface area contributed by atoms with Crippen LogP contribution in [0.5, 0.6) is 0 Å². The summed E-state index contributed by atoms with van der Waals surface area (Å²) >= 11 is 0. The molecule has 0 atom stereocenters. The standard InChI is InChI=1S/C11H12N2/c12-6-5-10-8-13-7-9-3-1-2-4-11(9)10/h1-4,7-8H,5-6,12H2. The summed E-state index contributed by atoms with van der Waals surface area (Å²) in [6, 6.07) is 8.25. The molecule has 0 amide bonds. The lowest BCUT2D eigenvalue weighted by molar-refractivity contribution is 0.969. The van der Waals surface area contributed by atoms with E-state index in [9.17, 15) is 0 Å². The second kappa shape index (κ2) is 3.54. The first-order chi connectivity index (χ1) is 6.42. The van der Waals surface area contributed by atoms with E-state index in [0.717, 1.165) is 6.42 Å². The Hall–Kier alpha value is -1.41. The van der Waals surface area contributed by atoms with E-state index in [4.69, 9.17) is 5.73 Å². The van der Waals surface area contributed by atoms with Crippen molar-refractivity contribution in [2.24, 2.45) is 5.73 Å². The van der Waals surface area contributed by atoms with Gasteiger partial charge in [0.2, 0.25) is 0 Å². The number of benzene rings is 1. The summed E-state index contributed by atoms with van der Waals surface area (Å²) in [6.45, 7) is 0.676. The molecular formula is C11H12N2. The second-order valence-corrected chi connectivity index (χ2v) is 3.06. The van der Waals surface area contributed by atoms with Crippen LogP contribution in [0.25, 0.3) is 10.8 Å². The number of fused-ring (bicyclic) bond motifs is 1. The highest BCUT2D eigenvalue weighted by atomic mass is 14.6. The van der Waals surface area contributed by atoms with E-state index >= 15 is 0 Å². The number of nitrogens with two attached hydrogens (primary N) is 1. The minimum Gasteiger partial charge on any atom is -0.330 e. The lowest BCUT2D eigenvalue weighted by Crippen LogP contribution is -2.03. The number of rotatable bonds is 2. The molecule has 2 heteroatoms. The number of nitrogens with zero attached hydrogens (tertiary/aromatic N) is 1. The van der Waals surface area contributed by atoms with E-state index in [-0.39, 0.29) is 0 Å². The van der Waals surface area contributed by atoms with Crippen molar-refractivity contribution < 1.29 is 0 Å². The zero-order chi connectivity index (χ0) is 9.10. The molecule has 2 rings (SSSR count). The maximum Gasteiger partial charge on any atom is 0.0346 e. The van der Waals surface area contributed by atoms with Gasteiger partial charge in [-0.15, -0.1) is 0 Å². The Labute approximate surface area is 77.4 Å². The van der Waals surface area contributed by atoms with Crippen LogP contribution in [0.4, 0.5) is 0 Å². The largest absolute Gasteiger partial charge is 0.330 e. The molecule has 0 aliphatic carbocycles. The van der Waals surface area contributed by atoms with E-state index < -0.39 is 0 Å². The average molecular weight is 172 g/mol. The van der Waals surface area contributed by atoms with Crippen molar-refractivity contribution in [3.8, 4) is 0 Å². The molecule has 2 N–H and O–H groups in total. The third kappa shape index (κ3) is 1.53. The zero-order valence-corrected chi connectivity index (χ0v) is 7.40. The van der Waals surface area contributed by atoms with Crippen molar-refractivity contribution in [2.45, 2.75) is 6.42 Å². The van der Waals surface area contributed by atoms with Crippen molar-refractivity contribution in [1.29, 1.82) is 0 Å². The Morgan fingerprint density at radius 3 is 2.85 bits per heavy atom. The molecule has 2 aromatic rings. The van der Waals surface area contributed by atoms with Crippen LogP contribution in [0.1, 0.15) is 5.56 Å². The fourth-order valence-corrected chi connectivity index (χ4v) is 1.53. The molecule has 0 aliphatic rings. The van der Waals surface area contributed by atoms with Crippen LogP contribution in [0.2, 0.25) is 0 Å². The van der Waals surface area contributed by atoms with Crippen molar-refractivity contribution in [2.75, 3.05) is 6.54 Å². The number of hydrogen-bond donors (Lipinski definition) is 1. The van der Waals surface area contributed by atoms with Crippen LogP contribution in [0, 0.1) is 0 Å². The molecule has 0 fully saturated rings. The minimum absolute atomic E-state index is 0.676. The summed E-state index contributed by atoms with van der Waals surface area (Å²) in [5.74, 6) is 0. The molecule has 1 heterocycles. The Morgan fingerprint density at radius 1 is 1.15 bits per heavy atom. The molecule has 1 aromatic heterocycles. The topological polar surface area (TPSA) is 38.9 Å². The SMILES string of the molecule is NCCc1cncc2ccccc12. The van der Waals surface area contributed by atoms with Crippen molar-refractivity contribution in [3.05, 3.63) is 42.2 Å². The van der Waals surface area contributed by atoms with Gasteiger partial charge in [0.25, 0.3) is 0 Å². The van der Waals surface area contributed by atoms with E-state index in [2.05, 4.69) is 17.1 Å². The van der Waals surface area contributed by atoms with Gasteiger partial charge in [-0.2, -0.15) is 0 Å². The second-order valence-electron chi connectivity index (χ2n) is 3.06. The fraction of sp³-hybridized carbons (Fsp3) is 0.182.